The Balaban J connectivity index is 2.82. The van der Waals surface area contributed by atoms with Crippen molar-refractivity contribution in [2.24, 2.45) is 11.8 Å². The summed E-state index contributed by atoms with van der Waals surface area (Å²) in [6.07, 6.45) is 3.76. The highest BCUT2D eigenvalue weighted by atomic mass is 35.5. The Morgan fingerprint density at radius 2 is 2.35 bits per heavy atom. The fraction of sp³-hybridized carbons (Fsp3) is 0.769. The number of allylic oxidation sites excluding steroid dienone is 1. The average molecular weight is 261 g/mol. The van der Waals surface area contributed by atoms with Gasteiger partial charge in [0.2, 0.25) is 0 Å². The Morgan fingerprint density at radius 1 is 1.65 bits per heavy atom. The summed E-state index contributed by atoms with van der Waals surface area (Å²) < 4.78 is 10.5. The van der Waals surface area contributed by atoms with Gasteiger partial charge in [0.25, 0.3) is 0 Å². The number of hydrogen-bond donors (Lipinski definition) is 0. The maximum atomic E-state index is 11.7. The highest BCUT2D eigenvalue weighted by molar-refractivity contribution is 6.17. The van der Waals surface area contributed by atoms with Gasteiger partial charge in [0, 0.05) is 5.57 Å². The van der Waals surface area contributed by atoms with Crippen LogP contribution < -0.4 is 0 Å². The molecule has 4 heteroatoms. The van der Waals surface area contributed by atoms with Crippen molar-refractivity contribution in [3.8, 4) is 0 Å². The smallest absolute Gasteiger partial charge is 0.333 e. The molecule has 1 saturated heterocycles. The topological polar surface area (TPSA) is 35.5 Å². The Kier molecular flexibility index (Phi) is 6.00. The number of carbonyl (C=O) groups is 1. The molecule has 0 spiro atoms. The summed E-state index contributed by atoms with van der Waals surface area (Å²) in [6, 6.07) is 0.194. The lowest BCUT2D eigenvalue weighted by atomic mass is 9.78. The monoisotopic (exact) mass is 260 g/mol. The largest absolute Gasteiger partial charge is 0.462 e. The third-order valence-electron chi connectivity index (χ3n) is 3.53. The molecular formula is C13H21ClO3. The number of cyclic esters (lactones) is 1. The second-order valence-electron chi connectivity index (χ2n) is 4.33. The van der Waals surface area contributed by atoms with E-state index in [4.69, 9.17) is 21.1 Å². The fourth-order valence-electron chi connectivity index (χ4n) is 2.61. The zero-order valence-electron chi connectivity index (χ0n) is 10.7. The molecule has 1 fully saturated rings. The van der Waals surface area contributed by atoms with Crippen molar-refractivity contribution in [2.75, 3.05) is 12.7 Å². The zero-order chi connectivity index (χ0) is 12.8. The van der Waals surface area contributed by atoms with E-state index in [2.05, 4.69) is 6.92 Å². The molecule has 0 bridgehead atoms. The molecule has 1 rings (SSSR count). The van der Waals surface area contributed by atoms with E-state index in [-0.39, 0.29) is 24.1 Å². The van der Waals surface area contributed by atoms with Crippen LogP contribution in [0.15, 0.2) is 11.6 Å². The lowest BCUT2D eigenvalue weighted by molar-refractivity contribution is -0.144. The van der Waals surface area contributed by atoms with Crippen molar-refractivity contribution in [2.45, 2.75) is 39.7 Å². The van der Waals surface area contributed by atoms with Gasteiger partial charge in [-0.15, -0.1) is 0 Å². The number of rotatable bonds is 5. The highest BCUT2D eigenvalue weighted by Gasteiger charge is 2.34. The van der Waals surface area contributed by atoms with E-state index in [1.165, 1.54) is 0 Å². The summed E-state index contributed by atoms with van der Waals surface area (Å²) in [6.45, 7) is 6.52. The van der Waals surface area contributed by atoms with Crippen LogP contribution >= 0.6 is 11.6 Å². The number of esters is 1. The predicted octanol–water partition coefficient (Wildman–Crippen LogP) is 3.12. The molecule has 0 aromatic heterocycles. The molecule has 0 aromatic rings. The minimum absolute atomic E-state index is 0.0587. The molecule has 98 valence electrons. The van der Waals surface area contributed by atoms with Crippen LogP contribution in [0.1, 0.15) is 33.6 Å². The summed E-state index contributed by atoms with van der Waals surface area (Å²) in [5.41, 5.74) is 0.785. The maximum Gasteiger partial charge on any atom is 0.333 e. The van der Waals surface area contributed by atoms with Crippen LogP contribution in [0.5, 0.6) is 0 Å². The Labute approximate surface area is 108 Å². The van der Waals surface area contributed by atoms with Gasteiger partial charge in [-0.05, 0) is 32.1 Å². The molecule has 0 N–H and O–H groups in total. The first kappa shape index (κ1) is 14.5. The second kappa shape index (κ2) is 7.02. The second-order valence-corrected chi connectivity index (χ2v) is 4.55. The summed E-state index contributed by atoms with van der Waals surface area (Å²) in [5.74, 6) is 0.359. The van der Waals surface area contributed by atoms with Gasteiger partial charge < -0.3 is 9.47 Å². The van der Waals surface area contributed by atoms with Gasteiger partial charge in [-0.3, -0.25) is 0 Å². The van der Waals surface area contributed by atoms with Crippen molar-refractivity contribution in [3.05, 3.63) is 11.6 Å². The van der Waals surface area contributed by atoms with E-state index < -0.39 is 0 Å². The molecule has 0 radical (unpaired) electrons. The van der Waals surface area contributed by atoms with Crippen molar-refractivity contribution >= 4 is 17.6 Å². The third kappa shape index (κ3) is 3.46. The van der Waals surface area contributed by atoms with Crippen LogP contribution in [0.2, 0.25) is 0 Å². The summed E-state index contributed by atoms with van der Waals surface area (Å²) in [7, 11) is 0. The molecule has 0 aliphatic carbocycles. The van der Waals surface area contributed by atoms with E-state index in [9.17, 15) is 4.79 Å². The first-order valence-corrected chi connectivity index (χ1v) is 6.70. The van der Waals surface area contributed by atoms with Crippen molar-refractivity contribution in [1.82, 2.24) is 0 Å². The molecule has 1 aliphatic heterocycles. The van der Waals surface area contributed by atoms with Crippen LogP contribution in [-0.4, -0.2) is 24.7 Å². The summed E-state index contributed by atoms with van der Waals surface area (Å²) >= 11 is 5.61. The quantitative estimate of drug-likeness (QED) is 0.433. The molecule has 1 aliphatic rings. The van der Waals surface area contributed by atoms with Gasteiger partial charge in [-0.2, -0.15) is 0 Å². The first-order chi connectivity index (χ1) is 8.15. The molecular weight excluding hydrogens is 240 g/mol. The van der Waals surface area contributed by atoms with Crippen molar-refractivity contribution in [1.29, 1.82) is 0 Å². The summed E-state index contributed by atoms with van der Waals surface area (Å²) in [4.78, 5) is 11.7. The molecule has 0 amide bonds. The maximum absolute atomic E-state index is 11.7. The minimum atomic E-state index is -0.180. The average Bonchev–Trinajstić information content (AvgIpc) is 2.30. The zero-order valence-corrected chi connectivity index (χ0v) is 11.5. The van der Waals surface area contributed by atoms with E-state index in [0.717, 1.165) is 18.4 Å². The van der Waals surface area contributed by atoms with Gasteiger partial charge in [0.1, 0.15) is 6.07 Å². The molecule has 0 saturated carbocycles. The minimum Gasteiger partial charge on any atom is -0.462 e. The van der Waals surface area contributed by atoms with E-state index in [1.807, 2.05) is 19.9 Å². The SMILES string of the molecule is C/C=C1/C(=O)OCC[C@H]1[C@@H](CC)[C@@H](C)OCCl. The van der Waals surface area contributed by atoms with Gasteiger partial charge >= 0.3 is 5.97 Å². The number of halogens is 1. The van der Waals surface area contributed by atoms with Crippen LogP contribution in [0, 0.1) is 11.8 Å². The Hall–Kier alpha value is -0.540. The van der Waals surface area contributed by atoms with Crippen molar-refractivity contribution < 1.29 is 14.3 Å². The lowest BCUT2D eigenvalue weighted by Crippen LogP contribution is -2.35. The van der Waals surface area contributed by atoms with Crippen LogP contribution in [0.3, 0.4) is 0 Å². The Morgan fingerprint density at radius 3 is 2.88 bits per heavy atom. The molecule has 17 heavy (non-hydrogen) atoms. The fourth-order valence-corrected chi connectivity index (χ4v) is 2.81. The third-order valence-corrected chi connectivity index (χ3v) is 3.65. The van der Waals surface area contributed by atoms with Gasteiger partial charge in [0.05, 0.1) is 12.7 Å². The standard InChI is InChI=1S/C13H21ClO3/c1-4-10(9(3)17-8-14)12-6-7-16-13(15)11(12)5-2/h5,9-10,12H,4,6-8H2,1-3H3/b11-5+/t9-,10+,12+/m1/s1. The van der Waals surface area contributed by atoms with Crippen LogP contribution in [0.25, 0.3) is 0 Å². The summed E-state index contributed by atoms with van der Waals surface area (Å²) in [5, 5.41) is 0. The number of ether oxygens (including phenoxy) is 2. The van der Waals surface area contributed by atoms with E-state index in [0.29, 0.717) is 12.5 Å². The lowest BCUT2D eigenvalue weighted by Gasteiger charge is -2.34. The highest BCUT2D eigenvalue weighted by Crippen LogP contribution is 2.34. The molecule has 0 unspecified atom stereocenters. The molecule has 1 heterocycles. The normalized spacial score (nSPS) is 26.7. The van der Waals surface area contributed by atoms with Crippen LogP contribution in [-0.2, 0) is 14.3 Å². The number of hydrogen-bond acceptors (Lipinski definition) is 3. The van der Waals surface area contributed by atoms with Gasteiger partial charge in [-0.25, -0.2) is 4.79 Å². The van der Waals surface area contributed by atoms with Crippen LogP contribution in [0.4, 0.5) is 0 Å². The molecule has 3 nitrogen and oxygen atoms in total. The number of carbonyl (C=O) groups excluding carboxylic acids is 1. The first-order valence-electron chi connectivity index (χ1n) is 6.16. The van der Waals surface area contributed by atoms with Gasteiger partial charge in [-0.1, -0.05) is 31.0 Å². The van der Waals surface area contributed by atoms with E-state index in [1.54, 1.807) is 0 Å². The van der Waals surface area contributed by atoms with E-state index >= 15 is 0 Å². The molecule has 0 aromatic carbocycles. The van der Waals surface area contributed by atoms with Gasteiger partial charge in [0.15, 0.2) is 0 Å². The number of alkyl halides is 1. The Bertz CT molecular complexity index is 288. The van der Waals surface area contributed by atoms with Crippen molar-refractivity contribution in [3.63, 3.8) is 0 Å². The predicted molar refractivity (Wildman–Crippen MR) is 67.9 cm³/mol. The molecule has 3 atom stereocenters.